The predicted octanol–water partition coefficient (Wildman–Crippen LogP) is 3.84. The molecule has 0 aliphatic rings. The molecule has 0 aromatic carbocycles. The van der Waals surface area contributed by atoms with Gasteiger partial charge < -0.3 is 4.55 Å². The molecule has 1 unspecified atom stereocenters. The van der Waals surface area contributed by atoms with Crippen LogP contribution in [0.1, 0.15) is 39.8 Å². The Kier molecular flexibility index (Phi) is 5.95. The summed E-state index contributed by atoms with van der Waals surface area (Å²) in [7, 11) is 0. The van der Waals surface area contributed by atoms with E-state index in [0.717, 1.165) is 0 Å². The maximum Gasteiger partial charge on any atom is 0.151 e. The molecule has 0 bridgehead atoms. The first-order chi connectivity index (χ1) is 8.75. The van der Waals surface area contributed by atoms with E-state index in [1.807, 2.05) is 0 Å². The van der Waals surface area contributed by atoms with E-state index < -0.39 is 22.3 Å². The number of aromatic nitrogens is 1. The predicted molar refractivity (Wildman–Crippen MR) is 81.6 cm³/mol. The highest BCUT2D eigenvalue weighted by Gasteiger charge is 2.29. The van der Waals surface area contributed by atoms with Gasteiger partial charge in [-0.15, -0.1) is 0 Å². The van der Waals surface area contributed by atoms with Gasteiger partial charge in [0.25, 0.3) is 0 Å². The standard InChI is InChI=1S/C13H18BrFN2OS/c1-5-9(15)12(17-19(18)13(2,3)4)10-7-6-8-11(14)16-10/h6-9H,5H2,1-4H3/b17-12-/t9-,19?/m0/s1. The first kappa shape index (κ1) is 16.6. The van der Waals surface area contributed by atoms with E-state index in [2.05, 4.69) is 25.3 Å². The number of pyridine rings is 1. The number of rotatable bonds is 4. The van der Waals surface area contributed by atoms with E-state index >= 15 is 0 Å². The molecule has 1 rings (SSSR count). The summed E-state index contributed by atoms with van der Waals surface area (Å²) in [4.78, 5) is 4.19. The number of halogens is 2. The molecule has 1 aromatic rings. The third-order valence-corrected chi connectivity index (χ3v) is 4.19. The van der Waals surface area contributed by atoms with Gasteiger partial charge in [-0.05, 0) is 55.3 Å². The van der Waals surface area contributed by atoms with Gasteiger partial charge >= 0.3 is 0 Å². The molecular weight excluding hydrogens is 331 g/mol. The van der Waals surface area contributed by atoms with Gasteiger partial charge in [-0.1, -0.05) is 17.4 Å². The Labute approximate surface area is 125 Å². The Morgan fingerprint density at radius 2 is 2.16 bits per heavy atom. The average Bonchev–Trinajstić information content (AvgIpc) is 2.33. The number of alkyl halides is 1. The lowest BCUT2D eigenvalue weighted by molar-refractivity contribution is 0.414. The van der Waals surface area contributed by atoms with Gasteiger partial charge in [0, 0.05) is 0 Å². The van der Waals surface area contributed by atoms with Crippen molar-refractivity contribution >= 4 is 33.0 Å². The average molecular weight is 349 g/mol. The van der Waals surface area contributed by atoms with E-state index in [0.29, 0.717) is 10.3 Å². The molecule has 3 nitrogen and oxygen atoms in total. The monoisotopic (exact) mass is 348 g/mol. The summed E-state index contributed by atoms with van der Waals surface area (Å²) < 4.78 is 30.2. The van der Waals surface area contributed by atoms with Crippen LogP contribution in [0.3, 0.4) is 0 Å². The van der Waals surface area contributed by atoms with Crippen molar-refractivity contribution in [2.24, 2.45) is 4.40 Å². The van der Waals surface area contributed by atoms with Gasteiger partial charge in [-0.3, -0.25) is 0 Å². The fourth-order valence-corrected chi connectivity index (χ4v) is 2.24. The summed E-state index contributed by atoms with van der Waals surface area (Å²) in [5, 5.41) is 0. The zero-order valence-corrected chi connectivity index (χ0v) is 13.9. The summed E-state index contributed by atoms with van der Waals surface area (Å²) in [5.41, 5.74) is 0.568. The van der Waals surface area contributed by atoms with Crippen LogP contribution in [-0.4, -0.2) is 26.2 Å². The number of hydrogen-bond acceptors (Lipinski definition) is 3. The molecule has 19 heavy (non-hydrogen) atoms. The highest BCUT2D eigenvalue weighted by molar-refractivity contribution is 9.10. The Bertz CT molecular complexity index is 462. The minimum absolute atomic E-state index is 0.150. The largest absolute Gasteiger partial charge is 0.591 e. The topological polar surface area (TPSA) is 48.3 Å². The van der Waals surface area contributed by atoms with Crippen LogP contribution in [0.4, 0.5) is 4.39 Å². The van der Waals surface area contributed by atoms with Crippen molar-refractivity contribution in [3.63, 3.8) is 0 Å². The first-order valence-electron chi connectivity index (χ1n) is 6.03. The van der Waals surface area contributed by atoms with Crippen molar-refractivity contribution in [2.45, 2.75) is 45.0 Å². The van der Waals surface area contributed by atoms with Crippen LogP contribution in [0.5, 0.6) is 0 Å². The van der Waals surface area contributed by atoms with Crippen LogP contribution in [0.2, 0.25) is 0 Å². The molecule has 0 aliphatic carbocycles. The maximum atomic E-state index is 14.0. The van der Waals surface area contributed by atoms with Crippen LogP contribution >= 0.6 is 15.9 Å². The van der Waals surface area contributed by atoms with Crippen LogP contribution in [0.25, 0.3) is 0 Å². The smallest absolute Gasteiger partial charge is 0.151 e. The number of nitrogens with zero attached hydrogens (tertiary/aromatic N) is 2. The molecule has 106 valence electrons. The van der Waals surface area contributed by atoms with Crippen molar-refractivity contribution in [2.75, 3.05) is 0 Å². The highest BCUT2D eigenvalue weighted by Crippen LogP contribution is 2.20. The molecule has 0 aliphatic heterocycles. The Morgan fingerprint density at radius 1 is 1.53 bits per heavy atom. The summed E-state index contributed by atoms with van der Waals surface area (Å²) in [6, 6.07) is 5.18. The Balaban J connectivity index is 3.19. The lowest BCUT2D eigenvalue weighted by Crippen LogP contribution is -2.29. The Hall–Kier alpha value is -0.460. The van der Waals surface area contributed by atoms with Crippen molar-refractivity contribution in [3.05, 3.63) is 28.5 Å². The Morgan fingerprint density at radius 3 is 2.63 bits per heavy atom. The normalized spacial score (nSPS) is 16.3. The third-order valence-electron chi connectivity index (χ3n) is 2.34. The minimum atomic E-state index is -1.50. The molecule has 0 fully saturated rings. The van der Waals surface area contributed by atoms with Crippen molar-refractivity contribution in [1.29, 1.82) is 0 Å². The molecule has 0 N–H and O–H groups in total. The molecule has 1 aromatic heterocycles. The molecule has 0 spiro atoms. The van der Waals surface area contributed by atoms with Crippen LogP contribution in [0, 0.1) is 0 Å². The molecule has 0 radical (unpaired) electrons. The number of hydrogen-bond donors (Lipinski definition) is 0. The van der Waals surface area contributed by atoms with Crippen LogP contribution < -0.4 is 0 Å². The molecule has 2 atom stereocenters. The third kappa shape index (κ3) is 4.85. The van der Waals surface area contributed by atoms with Gasteiger partial charge in [0.1, 0.15) is 26.9 Å². The molecule has 0 saturated carbocycles. The maximum absolute atomic E-state index is 14.0. The van der Waals surface area contributed by atoms with Crippen molar-refractivity contribution < 1.29 is 8.94 Å². The molecule has 1 heterocycles. The molecular formula is C13H18BrFN2OS. The van der Waals surface area contributed by atoms with Crippen LogP contribution in [-0.2, 0) is 11.4 Å². The van der Waals surface area contributed by atoms with Gasteiger partial charge in [0.15, 0.2) is 5.71 Å². The lowest BCUT2D eigenvalue weighted by atomic mass is 10.1. The van der Waals surface area contributed by atoms with Gasteiger partial charge in [0.2, 0.25) is 0 Å². The van der Waals surface area contributed by atoms with Gasteiger partial charge in [0.05, 0.1) is 5.69 Å². The fraction of sp³-hybridized carbons (Fsp3) is 0.538. The highest BCUT2D eigenvalue weighted by atomic mass is 79.9. The second-order valence-corrected chi connectivity index (χ2v) is 7.78. The van der Waals surface area contributed by atoms with Gasteiger partial charge in [-0.2, -0.15) is 0 Å². The SMILES string of the molecule is CC[C@H](F)/C(=N/[S+]([O-])C(C)(C)C)c1cccc(Br)n1. The van der Waals surface area contributed by atoms with Crippen LogP contribution in [0.15, 0.2) is 27.2 Å². The quantitative estimate of drug-likeness (QED) is 0.471. The fourth-order valence-electron chi connectivity index (χ4n) is 1.23. The van der Waals surface area contributed by atoms with E-state index in [4.69, 9.17) is 0 Å². The molecule has 6 heteroatoms. The molecule has 0 saturated heterocycles. The zero-order valence-electron chi connectivity index (χ0n) is 11.5. The van der Waals surface area contributed by atoms with Crippen molar-refractivity contribution in [3.8, 4) is 0 Å². The summed E-state index contributed by atoms with van der Waals surface area (Å²) in [5.74, 6) is 0. The summed E-state index contributed by atoms with van der Waals surface area (Å²) >= 11 is 1.74. The van der Waals surface area contributed by atoms with E-state index in [-0.39, 0.29) is 12.1 Å². The second-order valence-electron chi connectivity index (χ2n) is 5.06. The minimum Gasteiger partial charge on any atom is -0.591 e. The summed E-state index contributed by atoms with van der Waals surface area (Å²) in [6.07, 6.45) is -0.998. The summed E-state index contributed by atoms with van der Waals surface area (Å²) in [6.45, 7) is 7.13. The van der Waals surface area contributed by atoms with E-state index in [1.165, 1.54) is 0 Å². The molecule has 0 amide bonds. The van der Waals surface area contributed by atoms with Crippen molar-refractivity contribution in [1.82, 2.24) is 4.98 Å². The van der Waals surface area contributed by atoms with E-state index in [9.17, 15) is 8.94 Å². The lowest BCUT2D eigenvalue weighted by Gasteiger charge is -2.20. The zero-order chi connectivity index (χ0) is 14.6. The first-order valence-corrected chi connectivity index (χ1v) is 7.93. The van der Waals surface area contributed by atoms with E-state index in [1.54, 1.807) is 45.9 Å². The second kappa shape index (κ2) is 6.81. The van der Waals surface area contributed by atoms with Gasteiger partial charge in [-0.25, -0.2) is 9.37 Å².